The van der Waals surface area contributed by atoms with Gasteiger partial charge in [0, 0.05) is 23.7 Å². The highest BCUT2D eigenvalue weighted by molar-refractivity contribution is 7.98. The Bertz CT molecular complexity index is 514. The Balaban J connectivity index is 2.07. The van der Waals surface area contributed by atoms with Crippen LogP contribution < -0.4 is 5.73 Å². The topological polar surface area (TPSA) is 77.6 Å². The standard InChI is InChI=1S/C10H10ClN5S/c1-6-4-8(12)16-10(14-6)17-5-7-2-3-13-9(11)15-7/h2-4H,5H2,1H3,(H2,12,14,16). The summed E-state index contributed by atoms with van der Waals surface area (Å²) in [7, 11) is 0. The molecule has 0 saturated heterocycles. The summed E-state index contributed by atoms with van der Waals surface area (Å²) in [5, 5.41) is 0.880. The fraction of sp³-hybridized carbons (Fsp3) is 0.200. The van der Waals surface area contributed by atoms with Crippen molar-refractivity contribution in [3.05, 3.63) is 35.0 Å². The molecule has 0 spiro atoms. The average molecular weight is 268 g/mol. The van der Waals surface area contributed by atoms with E-state index in [1.54, 1.807) is 18.3 Å². The van der Waals surface area contributed by atoms with Crippen LogP contribution in [0.25, 0.3) is 0 Å². The lowest BCUT2D eigenvalue weighted by molar-refractivity contribution is 0.938. The van der Waals surface area contributed by atoms with Crippen LogP contribution in [0.15, 0.2) is 23.5 Å². The first-order valence-electron chi connectivity index (χ1n) is 4.85. The number of aromatic nitrogens is 4. The molecule has 0 unspecified atom stereocenters. The van der Waals surface area contributed by atoms with Crippen LogP contribution in [-0.2, 0) is 5.75 Å². The van der Waals surface area contributed by atoms with E-state index in [0.717, 1.165) is 11.4 Å². The number of rotatable bonds is 3. The molecule has 0 amide bonds. The van der Waals surface area contributed by atoms with Crippen LogP contribution in [0.4, 0.5) is 5.82 Å². The number of anilines is 1. The van der Waals surface area contributed by atoms with Crippen molar-refractivity contribution in [3.8, 4) is 0 Å². The Morgan fingerprint density at radius 2 is 2.18 bits per heavy atom. The lowest BCUT2D eigenvalue weighted by Crippen LogP contribution is -1.97. The van der Waals surface area contributed by atoms with Gasteiger partial charge in [-0.25, -0.2) is 19.9 Å². The average Bonchev–Trinajstić information content (AvgIpc) is 2.25. The Morgan fingerprint density at radius 1 is 1.35 bits per heavy atom. The van der Waals surface area contributed by atoms with Crippen LogP contribution >= 0.6 is 23.4 Å². The minimum absolute atomic E-state index is 0.243. The van der Waals surface area contributed by atoms with E-state index in [0.29, 0.717) is 16.7 Å². The van der Waals surface area contributed by atoms with Crippen molar-refractivity contribution < 1.29 is 0 Å². The Labute approximate surface area is 108 Å². The molecule has 5 nitrogen and oxygen atoms in total. The van der Waals surface area contributed by atoms with Gasteiger partial charge in [0.25, 0.3) is 0 Å². The molecule has 0 fully saturated rings. The molecule has 2 N–H and O–H groups in total. The fourth-order valence-electron chi connectivity index (χ4n) is 1.22. The lowest BCUT2D eigenvalue weighted by Gasteiger charge is -2.02. The third kappa shape index (κ3) is 3.54. The van der Waals surface area contributed by atoms with Crippen molar-refractivity contribution in [2.75, 3.05) is 5.73 Å². The second-order valence-corrected chi connectivity index (χ2v) is 4.60. The van der Waals surface area contributed by atoms with E-state index in [1.807, 2.05) is 6.92 Å². The summed E-state index contributed by atoms with van der Waals surface area (Å²) in [6.45, 7) is 1.88. The summed E-state index contributed by atoms with van der Waals surface area (Å²) in [5.41, 5.74) is 7.32. The number of nitrogens with zero attached hydrogens (tertiary/aromatic N) is 4. The van der Waals surface area contributed by atoms with E-state index in [4.69, 9.17) is 17.3 Å². The third-order valence-electron chi connectivity index (χ3n) is 1.89. The molecule has 2 rings (SSSR count). The first-order valence-corrected chi connectivity index (χ1v) is 6.21. The molecule has 88 valence electrons. The summed E-state index contributed by atoms with van der Waals surface area (Å²) < 4.78 is 0. The molecular formula is C10H10ClN5S. The van der Waals surface area contributed by atoms with Crippen LogP contribution in [0.2, 0.25) is 5.28 Å². The van der Waals surface area contributed by atoms with Gasteiger partial charge in [0.1, 0.15) is 5.82 Å². The smallest absolute Gasteiger partial charge is 0.222 e. The van der Waals surface area contributed by atoms with Gasteiger partial charge in [-0.2, -0.15) is 0 Å². The number of hydrogen-bond donors (Lipinski definition) is 1. The molecule has 2 aromatic heterocycles. The second-order valence-electron chi connectivity index (χ2n) is 3.32. The van der Waals surface area contributed by atoms with Crippen molar-refractivity contribution in [2.45, 2.75) is 17.8 Å². The molecular weight excluding hydrogens is 258 g/mol. The van der Waals surface area contributed by atoms with Gasteiger partial charge < -0.3 is 5.73 Å². The molecule has 0 aliphatic heterocycles. The predicted molar refractivity (Wildman–Crippen MR) is 67.8 cm³/mol. The van der Waals surface area contributed by atoms with Gasteiger partial charge >= 0.3 is 0 Å². The quantitative estimate of drug-likeness (QED) is 0.678. The monoisotopic (exact) mass is 267 g/mol. The van der Waals surface area contributed by atoms with E-state index in [9.17, 15) is 0 Å². The number of aryl methyl sites for hydroxylation is 1. The highest BCUT2D eigenvalue weighted by Gasteiger charge is 2.03. The van der Waals surface area contributed by atoms with E-state index >= 15 is 0 Å². The maximum absolute atomic E-state index is 5.69. The minimum atomic E-state index is 0.243. The van der Waals surface area contributed by atoms with Crippen LogP contribution in [-0.4, -0.2) is 19.9 Å². The van der Waals surface area contributed by atoms with Crippen LogP contribution in [0, 0.1) is 6.92 Å². The number of nitrogen functional groups attached to an aromatic ring is 1. The zero-order chi connectivity index (χ0) is 12.3. The summed E-state index contributed by atoms with van der Waals surface area (Å²) in [6, 6.07) is 3.53. The van der Waals surface area contributed by atoms with Crippen molar-refractivity contribution >= 4 is 29.2 Å². The largest absolute Gasteiger partial charge is 0.384 e. The molecule has 2 aromatic rings. The Hall–Kier alpha value is -1.40. The summed E-state index contributed by atoms with van der Waals surface area (Å²) in [6.07, 6.45) is 1.62. The normalized spacial score (nSPS) is 10.5. The van der Waals surface area contributed by atoms with Crippen LogP contribution in [0.5, 0.6) is 0 Å². The van der Waals surface area contributed by atoms with Gasteiger partial charge in [0.15, 0.2) is 5.16 Å². The summed E-state index contributed by atoms with van der Waals surface area (Å²) >= 11 is 7.15. The van der Waals surface area contributed by atoms with Gasteiger partial charge in [-0.3, -0.25) is 0 Å². The van der Waals surface area contributed by atoms with Crippen molar-refractivity contribution in [2.24, 2.45) is 0 Å². The van der Waals surface area contributed by atoms with E-state index in [1.165, 1.54) is 11.8 Å². The zero-order valence-electron chi connectivity index (χ0n) is 9.09. The van der Waals surface area contributed by atoms with Crippen molar-refractivity contribution in [1.82, 2.24) is 19.9 Å². The first kappa shape index (κ1) is 12.1. The van der Waals surface area contributed by atoms with E-state index < -0.39 is 0 Å². The fourth-order valence-corrected chi connectivity index (χ4v) is 2.20. The third-order valence-corrected chi connectivity index (χ3v) is 2.95. The van der Waals surface area contributed by atoms with Crippen molar-refractivity contribution in [1.29, 1.82) is 0 Å². The SMILES string of the molecule is Cc1cc(N)nc(SCc2ccnc(Cl)n2)n1. The van der Waals surface area contributed by atoms with Crippen LogP contribution in [0.1, 0.15) is 11.4 Å². The van der Waals surface area contributed by atoms with Gasteiger partial charge in [-0.05, 0) is 24.6 Å². The Morgan fingerprint density at radius 3 is 2.88 bits per heavy atom. The molecule has 2 heterocycles. The molecule has 0 bridgehead atoms. The zero-order valence-corrected chi connectivity index (χ0v) is 10.7. The maximum Gasteiger partial charge on any atom is 0.222 e. The van der Waals surface area contributed by atoms with Gasteiger partial charge in [0.2, 0.25) is 5.28 Å². The minimum Gasteiger partial charge on any atom is -0.384 e. The van der Waals surface area contributed by atoms with E-state index in [-0.39, 0.29) is 5.28 Å². The summed E-state index contributed by atoms with van der Waals surface area (Å²) in [4.78, 5) is 16.3. The molecule has 0 aliphatic rings. The lowest BCUT2D eigenvalue weighted by atomic mass is 10.4. The number of thioether (sulfide) groups is 1. The van der Waals surface area contributed by atoms with Crippen molar-refractivity contribution in [3.63, 3.8) is 0 Å². The van der Waals surface area contributed by atoms with Gasteiger partial charge in [-0.15, -0.1) is 0 Å². The predicted octanol–water partition coefficient (Wildman–Crippen LogP) is 2.10. The molecule has 7 heteroatoms. The molecule has 0 aliphatic carbocycles. The van der Waals surface area contributed by atoms with Crippen LogP contribution in [0.3, 0.4) is 0 Å². The molecule has 0 radical (unpaired) electrons. The highest BCUT2D eigenvalue weighted by Crippen LogP contribution is 2.19. The number of hydrogen-bond acceptors (Lipinski definition) is 6. The van der Waals surface area contributed by atoms with Gasteiger partial charge in [-0.1, -0.05) is 11.8 Å². The second kappa shape index (κ2) is 5.29. The summed E-state index contributed by atoms with van der Waals surface area (Å²) in [5.74, 6) is 1.10. The molecule has 17 heavy (non-hydrogen) atoms. The first-order chi connectivity index (χ1) is 8.13. The van der Waals surface area contributed by atoms with Gasteiger partial charge in [0.05, 0.1) is 5.69 Å². The number of nitrogens with two attached hydrogens (primary N) is 1. The molecule has 0 atom stereocenters. The molecule has 0 aromatic carbocycles. The Kier molecular flexibility index (Phi) is 3.75. The maximum atomic E-state index is 5.69. The van der Waals surface area contributed by atoms with E-state index in [2.05, 4.69) is 19.9 Å². The number of halogens is 1. The highest BCUT2D eigenvalue weighted by atomic mass is 35.5. The molecule has 0 saturated carbocycles.